The van der Waals surface area contributed by atoms with Crippen LogP contribution in [0.5, 0.6) is 0 Å². The molecule has 19 heavy (non-hydrogen) atoms. The van der Waals surface area contributed by atoms with Crippen LogP contribution in [0.1, 0.15) is 38.2 Å². The largest absolute Gasteiger partial charge is 0.369 e. The Hall–Kier alpha value is -1.68. The maximum atomic E-state index is 12.3. The van der Waals surface area contributed by atoms with Gasteiger partial charge >= 0.3 is 0 Å². The van der Waals surface area contributed by atoms with Gasteiger partial charge in [-0.2, -0.15) is 0 Å². The molecule has 1 aliphatic rings. The molecule has 1 aliphatic heterocycles. The van der Waals surface area contributed by atoms with Crippen molar-refractivity contribution in [3.63, 3.8) is 0 Å². The number of ketones is 1. The Balaban J connectivity index is 2.32. The maximum Gasteiger partial charge on any atom is 0.271 e. The lowest BCUT2D eigenvalue weighted by Crippen LogP contribution is -2.45. The Morgan fingerprint density at radius 3 is 2.68 bits per heavy atom. The minimum Gasteiger partial charge on any atom is -0.369 e. The normalized spacial score (nSPS) is 21.6. The summed E-state index contributed by atoms with van der Waals surface area (Å²) in [6, 6.07) is 6.91. The van der Waals surface area contributed by atoms with Gasteiger partial charge in [0.15, 0.2) is 5.78 Å². The minimum atomic E-state index is -1.99. The lowest BCUT2D eigenvalue weighted by molar-refractivity contribution is -0.150. The van der Waals surface area contributed by atoms with E-state index < -0.39 is 17.3 Å². The molecule has 0 radical (unpaired) electrons. The first-order chi connectivity index (χ1) is 9.03. The number of rotatable bonds is 5. The van der Waals surface area contributed by atoms with E-state index in [4.69, 9.17) is 0 Å². The summed E-state index contributed by atoms with van der Waals surface area (Å²) in [5, 5.41) is 10.6. The Kier molecular flexibility index (Phi) is 3.71. The number of hydrogen-bond acceptors (Lipinski definition) is 3. The zero-order chi connectivity index (χ0) is 14.0. The van der Waals surface area contributed by atoms with Gasteiger partial charge in [0.25, 0.3) is 5.91 Å². The van der Waals surface area contributed by atoms with E-state index in [1.165, 1.54) is 4.90 Å². The summed E-state index contributed by atoms with van der Waals surface area (Å²) >= 11 is 0. The molecular weight excluding hydrogens is 242 g/mol. The average Bonchev–Trinajstić information content (AvgIpc) is 2.63. The summed E-state index contributed by atoms with van der Waals surface area (Å²) in [5.41, 5.74) is -0.971. The molecule has 0 aromatic heterocycles. The SMILES string of the molecule is CCCCCC(=O)[C@@]1(O)C(=O)N(C)c2ccccc21. The molecular formula is C15H19NO3. The number of benzene rings is 1. The second kappa shape index (κ2) is 5.13. The van der Waals surface area contributed by atoms with Crippen LogP contribution in [-0.4, -0.2) is 23.8 Å². The Morgan fingerprint density at radius 2 is 2.00 bits per heavy atom. The van der Waals surface area contributed by atoms with E-state index >= 15 is 0 Å². The van der Waals surface area contributed by atoms with Crippen LogP contribution >= 0.6 is 0 Å². The smallest absolute Gasteiger partial charge is 0.271 e. The number of anilines is 1. The molecule has 4 nitrogen and oxygen atoms in total. The molecule has 1 N–H and O–H groups in total. The number of para-hydroxylation sites is 1. The predicted octanol–water partition coefficient (Wildman–Crippen LogP) is 2.00. The van der Waals surface area contributed by atoms with E-state index in [-0.39, 0.29) is 6.42 Å². The fourth-order valence-electron chi connectivity index (χ4n) is 2.53. The van der Waals surface area contributed by atoms with E-state index in [0.717, 1.165) is 12.8 Å². The van der Waals surface area contributed by atoms with Gasteiger partial charge in [0.05, 0.1) is 5.69 Å². The first-order valence-corrected chi connectivity index (χ1v) is 6.66. The molecule has 0 aliphatic carbocycles. The second-order valence-electron chi connectivity index (χ2n) is 4.97. The van der Waals surface area contributed by atoms with Gasteiger partial charge in [-0.15, -0.1) is 0 Å². The summed E-state index contributed by atoms with van der Waals surface area (Å²) in [5.74, 6) is -0.946. The number of amides is 1. The number of aliphatic hydroxyl groups is 1. The van der Waals surface area contributed by atoms with Crippen LogP contribution in [0.3, 0.4) is 0 Å². The highest BCUT2D eigenvalue weighted by atomic mass is 16.3. The lowest BCUT2D eigenvalue weighted by Gasteiger charge is -2.20. The van der Waals surface area contributed by atoms with E-state index in [2.05, 4.69) is 0 Å². The Labute approximate surface area is 113 Å². The quantitative estimate of drug-likeness (QED) is 0.651. The van der Waals surface area contributed by atoms with Crippen molar-refractivity contribution < 1.29 is 14.7 Å². The van der Waals surface area contributed by atoms with E-state index in [0.29, 0.717) is 17.7 Å². The second-order valence-corrected chi connectivity index (χ2v) is 4.97. The van der Waals surface area contributed by atoms with Crippen LogP contribution < -0.4 is 4.90 Å². The fourth-order valence-corrected chi connectivity index (χ4v) is 2.53. The first-order valence-electron chi connectivity index (χ1n) is 6.66. The first kappa shape index (κ1) is 13.7. The third-order valence-corrected chi connectivity index (χ3v) is 3.68. The van der Waals surface area contributed by atoms with Crippen LogP contribution in [0.2, 0.25) is 0 Å². The molecule has 0 bridgehead atoms. The summed E-state index contributed by atoms with van der Waals surface area (Å²) in [4.78, 5) is 25.8. The monoisotopic (exact) mass is 261 g/mol. The number of carbonyl (C=O) groups is 2. The van der Waals surface area contributed by atoms with E-state index in [9.17, 15) is 14.7 Å². The lowest BCUT2D eigenvalue weighted by atomic mass is 9.88. The van der Waals surface area contributed by atoms with Gasteiger partial charge < -0.3 is 10.0 Å². The number of fused-ring (bicyclic) bond motifs is 1. The van der Waals surface area contributed by atoms with Crippen LogP contribution in [0.25, 0.3) is 0 Å². The van der Waals surface area contributed by atoms with Crippen LogP contribution in [0, 0.1) is 0 Å². The van der Waals surface area contributed by atoms with Gasteiger partial charge in [-0.1, -0.05) is 38.0 Å². The number of likely N-dealkylation sites (N-methyl/N-ethyl adjacent to an activating group) is 1. The third-order valence-electron chi connectivity index (χ3n) is 3.68. The maximum absolute atomic E-state index is 12.3. The van der Waals surface area contributed by atoms with Gasteiger partial charge in [-0.25, -0.2) is 0 Å². The number of carbonyl (C=O) groups excluding carboxylic acids is 2. The van der Waals surface area contributed by atoms with Crippen molar-refractivity contribution in [1.29, 1.82) is 0 Å². The van der Waals surface area contributed by atoms with Crippen molar-refractivity contribution in [3.8, 4) is 0 Å². The molecule has 2 rings (SSSR count). The molecule has 1 atom stereocenters. The molecule has 0 fully saturated rings. The highest BCUT2D eigenvalue weighted by Gasteiger charge is 2.53. The van der Waals surface area contributed by atoms with E-state index in [1.54, 1.807) is 31.3 Å². The Bertz CT molecular complexity index is 512. The number of Topliss-reactive ketones (excluding diaryl/α,β-unsaturated/α-hetero) is 1. The van der Waals surface area contributed by atoms with Crippen LogP contribution in [0.4, 0.5) is 5.69 Å². The molecule has 1 heterocycles. The van der Waals surface area contributed by atoms with Crippen LogP contribution in [0.15, 0.2) is 24.3 Å². The fraction of sp³-hybridized carbons (Fsp3) is 0.467. The standard InChI is InChI=1S/C15H19NO3/c1-3-4-5-10-13(17)15(19)11-8-6-7-9-12(11)16(2)14(15)18/h6-9,19H,3-5,10H2,1-2H3/t15-/m1/s1. The molecule has 1 aromatic carbocycles. The molecule has 1 amide bonds. The summed E-state index contributed by atoms with van der Waals surface area (Å²) in [6.45, 7) is 2.04. The summed E-state index contributed by atoms with van der Waals surface area (Å²) < 4.78 is 0. The van der Waals surface area contributed by atoms with Crippen molar-refractivity contribution in [2.45, 2.75) is 38.2 Å². The molecule has 0 saturated heterocycles. The highest BCUT2D eigenvalue weighted by molar-refractivity contribution is 6.20. The number of hydrogen-bond donors (Lipinski definition) is 1. The van der Waals surface area contributed by atoms with Crippen molar-refractivity contribution in [2.75, 3.05) is 11.9 Å². The number of unbranched alkanes of at least 4 members (excludes halogenated alkanes) is 2. The number of nitrogens with zero attached hydrogens (tertiary/aromatic N) is 1. The van der Waals surface area contributed by atoms with Gasteiger partial charge in [-0.3, -0.25) is 9.59 Å². The predicted molar refractivity (Wildman–Crippen MR) is 72.9 cm³/mol. The van der Waals surface area contributed by atoms with Gasteiger partial charge in [0.2, 0.25) is 5.60 Å². The van der Waals surface area contributed by atoms with Crippen molar-refractivity contribution in [1.82, 2.24) is 0 Å². The molecule has 0 saturated carbocycles. The van der Waals surface area contributed by atoms with Crippen molar-refractivity contribution >= 4 is 17.4 Å². The summed E-state index contributed by atoms with van der Waals surface area (Å²) in [7, 11) is 1.58. The Morgan fingerprint density at radius 1 is 1.32 bits per heavy atom. The molecule has 0 spiro atoms. The van der Waals surface area contributed by atoms with Gasteiger partial charge in [0.1, 0.15) is 0 Å². The molecule has 102 valence electrons. The van der Waals surface area contributed by atoms with Crippen molar-refractivity contribution in [3.05, 3.63) is 29.8 Å². The zero-order valence-electron chi connectivity index (χ0n) is 11.3. The molecule has 4 heteroatoms. The summed E-state index contributed by atoms with van der Waals surface area (Å²) in [6.07, 6.45) is 2.86. The van der Waals surface area contributed by atoms with Crippen LogP contribution in [-0.2, 0) is 15.2 Å². The highest BCUT2D eigenvalue weighted by Crippen LogP contribution is 2.40. The van der Waals surface area contributed by atoms with E-state index in [1.807, 2.05) is 6.92 Å². The average molecular weight is 261 g/mol. The minimum absolute atomic E-state index is 0.234. The molecule has 1 aromatic rings. The third kappa shape index (κ3) is 2.06. The molecule has 0 unspecified atom stereocenters. The zero-order valence-corrected chi connectivity index (χ0v) is 11.3. The van der Waals surface area contributed by atoms with Gasteiger partial charge in [0, 0.05) is 19.0 Å². The van der Waals surface area contributed by atoms with Crippen molar-refractivity contribution in [2.24, 2.45) is 0 Å². The topological polar surface area (TPSA) is 57.6 Å². The van der Waals surface area contributed by atoms with Gasteiger partial charge in [-0.05, 0) is 12.5 Å².